The molecule has 1 nitrogen and oxygen atoms in total. The molecule has 1 unspecified atom stereocenters. The number of hydrogen-bond acceptors (Lipinski definition) is 3. The molecular formula is C12H9ClOS2. The monoisotopic (exact) mass is 268 g/mol. The van der Waals surface area contributed by atoms with Crippen LogP contribution in [0, 0.1) is 0 Å². The van der Waals surface area contributed by atoms with Gasteiger partial charge in [0, 0.05) is 16.9 Å². The first-order valence-electron chi connectivity index (χ1n) is 4.97. The summed E-state index contributed by atoms with van der Waals surface area (Å²) in [6, 6.07) is 10.1. The Kier molecular flexibility index (Phi) is 2.72. The zero-order valence-electron chi connectivity index (χ0n) is 8.31. The Morgan fingerprint density at radius 3 is 3.00 bits per heavy atom. The summed E-state index contributed by atoms with van der Waals surface area (Å²) in [4.78, 5) is 1.22. The molecule has 1 aliphatic heterocycles. The predicted molar refractivity (Wildman–Crippen MR) is 68.6 cm³/mol. The molecule has 0 bridgehead atoms. The first-order valence-corrected chi connectivity index (χ1v) is 6.98. The third-order valence-corrected chi connectivity index (χ3v) is 5.26. The third kappa shape index (κ3) is 1.78. The van der Waals surface area contributed by atoms with Gasteiger partial charge in [0.2, 0.25) is 0 Å². The Labute approximate surface area is 107 Å². The number of halogens is 1. The number of benzene rings is 1. The first-order chi connectivity index (χ1) is 7.74. The fraction of sp³-hybridized carbons (Fsp3) is 0.167. The van der Waals surface area contributed by atoms with Crippen molar-refractivity contribution in [3.8, 4) is 0 Å². The molecule has 1 aromatic carbocycles. The van der Waals surface area contributed by atoms with Crippen molar-refractivity contribution in [2.24, 2.45) is 0 Å². The number of aliphatic hydroxyl groups is 1. The third-order valence-electron chi connectivity index (χ3n) is 2.64. The Balaban J connectivity index is 2.13. The van der Waals surface area contributed by atoms with E-state index in [1.165, 1.54) is 21.8 Å². The first kappa shape index (κ1) is 10.7. The van der Waals surface area contributed by atoms with Crippen molar-refractivity contribution < 1.29 is 5.11 Å². The lowest BCUT2D eigenvalue weighted by Crippen LogP contribution is -1.99. The van der Waals surface area contributed by atoms with E-state index < -0.39 is 6.10 Å². The zero-order chi connectivity index (χ0) is 11.1. The van der Waals surface area contributed by atoms with E-state index >= 15 is 0 Å². The highest BCUT2D eigenvalue weighted by Gasteiger charge is 2.22. The molecule has 0 amide bonds. The van der Waals surface area contributed by atoms with Gasteiger partial charge in [-0.05, 0) is 17.7 Å². The topological polar surface area (TPSA) is 20.2 Å². The molecule has 0 radical (unpaired) electrons. The van der Waals surface area contributed by atoms with Gasteiger partial charge < -0.3 is 5.11 Å². The van der Waals surface area contributed by atoms with Crippen LogP contribution in [0.3, 0.4) is 0 Å². The van der Waals surface area contributed by atoms with Crippen molar-refractivity contribution in [3.05, 3.63) is 45.8 Å². The lowest BCUT2D eigenvalue weighted by Gasteiger charge is -2.07. The molecule has 1 atom stereocenters. The molecule has 1 aromatic heterocycles. The van der Waals surface area contributed by atoms with E-state index in [2.05, 4.69) is 12.1 Å². The number of aliphatic hydroxyl groups excluding tert-OH is 1. The lowest BCUT2D eigenvalue weighted by molar-refractivity contribution is 0.176. The SMILES string of the molecule is OC1Cc2ccccc2Sc2sc(Cl)cc21. The van der Waals surface area contributed by atoms with Crippen molar-refractivity contribution in [2.75, 3.05) is 0 Å². The minimum atomic E-state index is -0.435. The van der Waals surface area contributed by atoms with Crippen LogP contribution in [0.15, 0.2) is 39.4 Å². The maximum Gasteiger partial charge on any atom is 0.0944 e. The predicted octanol–water partition coefficient (Wildman–Crippen LogP) is 4.14. The molecule has 1 N–H and O–H groups in total. The van der Waals surface area contributed by atoms with E-state index in [0.29, 0.717) is 6.42 Å². The summed E-state index contributed by atoms with van der Waals surface area (Å²) in [5, 5.41) is 10.1. The summed E-state index contributed by atoms with van der Waals surface area (Å²) in [5.41, 5.74) is 2.18. The van der Waals surface area contributed by atoms with Crippen molar-refractivity contribution >= 4 is 34.7 Å². The largest absolute Gasteiger partial charge is 0.388 e. The molecule has 0 saturated heterocycles. The summed E-state index contributed by atoms with van der Waals surface area (Å²) < 4.78 is 1.86. The summed E-state index contributed by atoms with van der Waals surface area (Å²) >= 11 is 9.23. The Bertz CT molecular complexity index is 536. The normalized spacial score (nSPS) is 18.8. The van der Waals surface area contributed by atoms with Gasteiger partial charge in [-0.25, -0.2) is 0 Å². The van der Waals surface area contributed by atoms with E-state index in [-0.39, 0.29) is 0 Å². The molecular weight excluding hydrogens is 260 g/mol. The maximum atomic E-state index is 10.1. The summed E-state index contributed by atoms with van der Waals surface area (Å²) in [6.07, 6.45) is 0.235. The number of rotatable bonds is 0. The van der Waals surface area contributed by atoms with Crippen LogP contribution in [-0.2, 0) is 6.42 Å². The second-order valence-corrected chi connectivity index (χ2v) is 6.72. The van der Waals surface area contributed by atoms with Crippen LogP contribution < -0.4 is 0 Å². The molecule has 2 heterocycles. The average Bonchev–Trinajstić information content (AvgIpc) is 2.57. The van der Waals surface area contributed by atoms with Gasteiger partial charge >= 0.3 is 0 Å². The van der Waals surface area contributed by atoms with Crippen molar-refractivity contribution in [1.29, 1.82) is 0 Å². The van der Waals surface area contributed by atoms with E-state index in [4.69, 9.17) is 11.6 Å². The Morgan fingerprint density at radius 1 is 1.31 bits per heavy atom. The zero-order valence-corrected chi connectivity index (χ0v) is 10.7. The van der Waals surface area contributed by atoms with Gasteiger partial charge in [-0.1, -0.05) is 41.6 Å². The van der Waals surface area contributed by atoms with Crippen molar-refractivity contribution in [1.82, 2.24) is 0 Å². The Hall–Kier alpha value is -0.480. The smallest absolute Gasteiger partial charge is 0.0944 e. The molecule has 0 spiro atoms. The van der Waals surface area contributed by atoms with Crippen LogP contribution in [0.5, 0.6) is 0 Å². The molecule has 1 aliphatic rings. The van der Waals surface area contributed by atoms with Crippen LogP contribution in [-0.4, -0.2) is 5.11 Å². The van der Waals surface area contributed by atoms with E-state index in [9.17, 15) is 5.11 Å². The van der Waals surface area contributed by atoms with Gasteiger partial charge in [0.1, 0.15) is 0 Å². The second kappa shape index (κ2) is 4.08. The van der Waals surface area contributed by atoms with Gasteiger partial charge in [-0.3, -0.25) is 0 Å². The molecule has 16 heavy (non-hydrogen) atoms. The highest BCUT2D eigenvalue weighted by Crippen LogP contribution is 2.46. The molecule has 4 heteroatoms. The van der Waals surface area contributed by atoms with Gasteiger partial charge in [0.25, 0.3) is 0 Å². The molecule has 82 valence electrons. The maximum absolute atomic E-state index is 10.1. The van der Waals surface area contributed by atoms with Crippen LogP contribution in [0.2, 0.25) is 4.34 Å². The minimum Gasteiger partial charge on any atom is -0.388 e. The highest BCUT2D eigenvalue weighted by molar-refractivity contribution is 8.01. The molecule has 0 fully saturated rings. The summed E-state index contributed by atoms with van der Waals surface area (Å²) in [7, 11) is 0. The second-order valence-electron chi connectivity index (χ2n) is 3.72. The standard InChI is InChI=1S/C12H9ClOS2/c13-11-6-8-9(14)5-7-3-1-2-4-10(7)15-12(8)16-11/h1-4,6,9,14H,5H2. The molecule has 2 aromatic rings. The van der Waals surface area contributed by atoms with Crippen LogP contribution in [0.4, 0.5) is 0 Å². The summed E-state index contributed by atoms with van der Waals surface area (Å²) in [6.45, 7) is 0. The molecule has 3 rings (SSSR count). The van der Waals surface area contributed by atoms with Crippen molar-refractivity contribution in [3.63, 3.8) is 0 Å². The molecule has 0 saturated carbocycles. The molecule has 0 aliphatic carbocycles. The van der Waals surface area contributed by atoms with Gasteiger partial charge in [-0.2, -0.15) is 0 Å². The van der Waals surface area contributed by atoms with Gasteiger partial charge in [0.05, 0.1) is 14.6 Å². The number of thiophene rings is 1. The lowest BCUT2D eigenvalue weighted by atomic mass is 10.0. The van der Waals surface area contributed by atoms with Crippen LogP contribution in [0.1, 0.15) is 17.2 Å². The van der Waals surface area contributed by atoms with E-state index in [1.807, 2.05) is 18.2 Å². The van der Waals surface area contributed by atoms with E-state index in [0.717, 1.165) is 14.1 Å². The van der Waals surface area contributed by atoms with E-state index in [1.54, 1.807) is 11.8 Å². The van der Waals surface area contributed by atoms with Crippen LogP contribution in [0.25, 0.3) is 0 Å². The average molecular weight is 269 g/mol. The number of fused-ring (bicyclic) bond motifs is 2. The minimum absolute atomic E-state index is 0.435. The fourth-order valence-corrected chi connectivity index (χ4v) is 4.67. The Morgan fingerprint density at radius 2 is 2.12 bits per heavy atom. The number of hydrogen-bond donors (Lipinski definition) is 1. The highest BCUT2D eigenvalue weighted by atomic mass is 35.5. The van der Waals surface area contributed by atoms with Crippen molar-refractivity contribution in [2.45, 2.75) is 21.6 Å². The quantitative estimate of drug-likeness (QED) is 0.775. The van der Waals surface area contributed by atoms with Gasteiger partial charge in [0.15, 0.2) is 0 Å². The summed E-state index contributed by atoms with van der Waals surface area (Å²) in [5.74, 6) is 0. The van der Waals surface area contributed by atoms with Gasteiger partial charge in [-0.15, -0.1) is 11.3 Å². The van der Waals surface area contributed by atoms with Crippen LogP contribution >= 0.6 is 34.7 Å². The fourth-order valence-electron chi connectivity index (χ4n) is 1.86.